The molecule has 2 rings (SSSR count). The average molecular weight is 191 g/mol. The minimum Gasteiger partial charge on any atom is -0.292 e. The van der Waals surface area contributed by atoms with Crippen molar-refractivity contribution in [3.8, 4) is 0 Å². The van der Waals surface area contributed by atoms with Crippen molar-refractivity contribution in [2.75, 3.05) is 0 Å². The van der Waals surface area contributed by atoms with Crippen molar-refractivity contribution in [3.63, 3.8) is 0 Å². The van der Waals surface area contributed by atoms with E-state index in [-0.39, 0.29) is 17.2 Å². The van der Waals surface area contributed by atoms with Crippen LogP contribution >= 0.6 is 0 Å². The van der Waals surface area contributed by atoms with E-state index in [1.165, 1.54) is 0 Å². The molecule has 0 fully saturated rings. The molecule has 0 aromatic carbocycles. The molecule has 0 atom stereocenters. The third-order valence-electron chi connectivity index (χ3n) is 2.63. The Morgan fingerprint density at radius 1 is 1.36 bits per heavy atom. The Morgan fingerprint density at radius 2 is 2.07 bits per heavy atom. The molecule has 1 heterocycles. The van der Waals surface area contributed by atoms with Gasteiger partial charge in [-0.1, -0.05) is 26.0 Å². The first-order valence-corrected chi connectivity index (χ1v) is 4.73. The molecule has 0 bridgehead atoms. The molecule has 3 heteroatoms. The molecule has 0 saturated heterocycles. The van der Waals surface area contributed by atoms with Crippen LogP contribution in [-0.4, -0.2) is 11.8 Å². The SMILES string of the molecule is CC1(C)C=CC2=C(C1)C(=O)NC(=O)C2. The van der Waals surface area contributed by atoms with Crippen LogP contribution < -0.4 is 5.32 Å². The van der Waals surface area contributed by atoms with Crippen LogP contribution in [0, 0.1) is 5.41 Å². The molecule has 0 radical (unpaired) electrons. The predicted octanol–water partition coefficient (Wildman–Crippen LogP) is 1.32. The number of rotatable bonds is 0. The summed E-state index contributed by atoms with van der Waals surface area (Å²) in [6.45, 7) is 4.16. The Morgan fingerprint density at radius 3 is 2.79 bits per heavy atom. The van der Waals surface area contributed by atoms with Gasteiger partial charge in [0.25, 0.3) is 5.91 Å². The largest absolute Gasteiger partial charge is 0.292 e. The summed E-state index contributed by atoms with van der Waals surface area (Å²) in [5.74, 6) is -0.410. The van der Waals surface area contributed by atoms with E-state index in [1.807, 2.05) is 6.08 Å². The van der Waals surface area contributed by atoms with Crippen LogP contribution in [0.4, 0.5) is 0 Å². The molecular formula is C11H13NO2. The Balaban J connectivity index is 2.38. The van der Waals surface area contributed by atoms with Gasteiger partial charge in [-0.15, -0.1) is 0 Å². The summed E-state index contributed by atoms with van der Waals surface area (Å²) >= 11 is 0. The highest BCUT2D eigenvalue weighted by atomic mass is 16.2. The molecule has 3 nitrogen and oxygen atoms in total. The molecule has 0 saturated carbocycles. The third kappa shape index (κ3) is 1.50. The van der Waals surface area contributed by atoms with Gasteiger partial charge in [-0.3, -0.25) is 14.9 Å². The number of nitrogens with one attached hydrogen (secondary N) is 1. The van der Waals surface area contributed by atoms with Crippen molar-refractivity contribution in [3.05, 3.63) is 23.3 Å². The van der Waals surface area contributed by atoms with Gasteiger partial charge in [0.1, 0.15) is 0 Å². The second-order valence-electron chi connectivity index (χ2n) is 4.56. The molecule has 0 spiro atoms. The van der Waals surface area contributed by atoms with E-state index in [9.17, 15) is 9.59 Å². The topological polar surface area (TPSA) is 46.2 Å². The maximum atomic E-state index is 11.5. The van der Waals surface area contributed by atoms with Gasteiger partial charge in [0, 0.05) is 5.57 Å². The lowest BCUT2D eigenvalue weighted by atomic mass is 9.77. The van der Waals surface area contributed by atoms with Crippen molar-refractivity contribution in [2.45, 2.75) is 26.7 Å². The highest BCUT2D eigenvalue weighted by molar-refractivity contribution is 6.09. The molecule has 2 aliphatic rings. The Labute approximate surface area is 82.9 Å². The fourth-order valence-corrected chi connectivity index (χ4v) is 1.87. The molecule has 1 aliphatic carbocycles. The number of allylic oxidation sites excluding steroid dienone is 2. The molecule has 1 aliphatic heterocycles. The van der Waals surface area contributed by atoms with E-state index < -0.39 is 0 Å². The molecule has 74 valence electrons. The van der Waals surface area contributed by atoms with Gasteiger partial charge in [0.2, 0.25) is 5.91 Å². The quantitative estimate of drug-likeness (QED) is 0.587. The first-order chi connectivity index (χ1) is 6.48. The van der Waals surface area contributed by atoms with Crippen molar-refractivity contribution < 1.29 is 9.59 Å². The van der Waals surface area contributed by atoms with E-state index in [0.717, 1.165) is 17.6 Å². The van der Waals surface area contributed by atoms with Crippen LogP contribution in [0.5, 0.6) is 0 Å². The second-order valence-corrected chi connectivity index (χ2v) is 4.56. The summed E-state index contributed by atoms with van der Waals surface area (Å²) < 4.78 is 0. The minimum atomic E-state index is -0.214. The number of hydrogen-bond acceptors (Lipinski definition) is 2. The Kier molecular flexibility index (Phi) is 1.84. The zero-order valence-corrected chi connectivity index (χ0v) is 8.39. The van der Waals surface area contributed by atoms with E-state index in [0.29, 0.717) is 6.42 Å². The van der Waals surface area contributed by atoms with E-state index >= 15 is 0 Å². The van der Waals surface area contributed by atoms with Gasteiger partial charge in [0.15, 0.2) is 0 Å². The number of imide groups is 1. The third-order valence-corrected chi connectivity index (χ3v) is 2.63. The lowest BCUT2D eigenvalue weighted by molar-refractivity contribution is -0.129. The summed E-state index contributed by atoms with van der Waals surface area (Å²) in [6, 6.07) is 0. The molecular weight excluding hydrogens is 178 g/mol. The number of amides is 2. The predicted molar refractivity (Wildman–Crippen MR) is 52.3 cm³/mol. The van der Waals surface area contributed by atoms with E-state index in [1.54, 1.807) is 0 Å². The smallest absolute Gasteiger partial charge is 0.254 e. The van der Waals surface area contributed by atoms with E-state index in [4.69, 9.17) is 0 Å². The number of hydrogen-bond donors (Lipinski definition) is 1. The van der Waals surface area contributed by atoms with Gasteiger partial charge >= 0.3 is 0 Å². The summed E-state index contributed by atoms with van der Waals surface area (Å²) in [6.07, 6.45) is 5.04. The molecule has 2 amide bonds. The maximum Gasteiger partial charge on any atom is 0.254 e. The summed E-state index contributed by atoms with van der Waals surface area (Å²) in [4.78, 5) is 22.6. The highest BCUT2D eigenvalue weighted by Crippen LogP contribution is 2.35. The van der Waals surface area contributed by atoms with Crippen LogP contribution in [0.3, 0.4) is 0 Å². The van der Waals surface area contributed by atoms with Crippen LogP contribution in [0.2, 0.25) is 0 Å². The molecule has 0 aromatic heterocycles. The van der Waals surface area contributed by atoms with Crippen molar-refractivity contribution >= 4 is 11.8 Å². The van der Waals surface area contributed by atoms with Crippen LogP contribution in [0.15, 0.2) is 23.3 Å². The van der Waals surface area contributed by atoms with Gasteiger partial charge in [-0.05, 0) is 17.4 Å². The zero-order valence-electron chi connectivity index (χ0n) is 8.39. The summed E-state index contributed by atoms with van der Waals surface area (Å²) in [7, 11) is 0. The molecule has 0 aromatic rings. The first kappa shape index (κ1) is 9.19. The lowest BCUT2D eigenvalue weighted by Crippen LogP contribution is -2.38. The average Bonchev–Trinajstić information content (AvgIpc) is 2.06. The first-order valence-electron chi connectivity index (χ1n) is 4.73. The normalized spacial score (nSPS) is 24.7. The van der Waals surface area contributed by atoms with Gasteiger partial charge in [-0.25, -0.2) is 0 Å². The Hall–Kier alpha value is -1.38. The molecule has 0 unspecified atom stereocenters. The standard InChI is InChI=1S/C11H13NO2/c1-11(2)4-3-7-5-9(13)12-10(14)8(7)6-11/h3-4H,5-6H2,1-2H3,(H,12,13,14). The van der Waals surface area contributed by atoms with Crippen molar-refractivity contribution in [1.29, 1.82) is 0 Å². The monoisotopic (exact) mass is 191 g/mol. The molecule has 14 heavy (non-hydrogen) atoms. The fourth-order valence-electron chi connectivity index (χ4n) is 1.87. The zero-order chi connectivity index (χ0) is 10.3. The van der Waals surface area contributed by atoms with Crippen molar-refractivity contribution in [1.82, 2.24) is 5.32 Å². The number of carbonyl (C=O) groups excluding carboxylic acids is 2. The van der Waals surface area contributed by atoms with Gasteiger partial charge in [-0.2, -0.15) is 0 Å². The second kappa shape index (κ2) is 2.80. The van der Waals surface area contributed by atoms with Gasteiger partial charge in [0.05, 0.1) is 6.42 Å². The van der Waals surface area contributed by atoms with E-state index in [2.05, 4.69) is 25.2 Å². The fraction of sp³-hybridized carbons (Fsp3) is 0.455. The van der Waals surface area contributed by atoms with Crippen LogP contribution in [0.25, 0.3) is 0 Å². The number of carbonyl (C=O) groups is 2. The summed E-state index contributed by atoms with van der Waals surface area (Å²) in [5, 5.41) is 2.35. The summed E-state index contributed by atoms with van der Waals surface area (Å²) in [5.41, 5.74) is 1.69. The van der Waals surface area contributed by atoms with Crippen LogP contribution in [-0.2, 0) is 9.59 Å². The minimum absolute atomic E-state index is 0.0244. The van der Waals surface area contributed by atoms with Crippen molar-refractivity contribution in [2.24, 2.45) is 5.41 Å². The highest BCUT2D eigenvalue weighted by Gasteiger charge is 2.31. The molecule has 1 N–H and O–H groups in total. The lowest BCUT2D eigenvalue weighted by Gasteiger charge is -2.29. The van der Waals surface area contributed by atoms with Crippen LogP contribution in [0.1, 0.15) is 26.7 Å². The van der Waals surface area contributed by atoms with Gasteiger partial charge < -0.3 is 0 Å². The Bertz CT molecular complexity index is 375. The maximum absolute atomic E-state index is 11.5.